The molecule has 0 atom stereocenters. The molecule has 5 heteroatoms. The summed E-state index contributed by atoms with van der Waals surface area (Å²) in [4.78, 5) is 0. The van der Waals surface area contributed by atoms with E-state index in [1.165, 1.54) is 5.56 Å². The molecule has 4 nitrogen and oxygen atoms in total. The first-order chi connectivity index (χ1) is 9.51. The Morgan fingerprint density at radius 2 is 1.80 bits per heavy atom. The first-order valence-corrected chi connectivity index (χ1v) is 8.93. The summed E-state index contributed by atoms with van der Waals surface area (Å²) >= 11 is 0. The fourth-order valence-corrected chi connectivity index (χ4v) is 4.09. The Kier molecular flexibility index (Phi) is 5.05. The minimum Gasteiger partial charge on any atom is -0.382 e. The van der Waals surface area contributed by atoms with E-state index < -0.39 is 10.0 Å². The molecule has 1 saturated heterocycles. The molecular weight excluding hydrogens is 272 g/mol. The van der Waals surface area contributed by atoms with Gasteiger partial charge < -0.3 is 5.32 Å². The smallest absolute Gasteiger partial charge is 0.214 e. The summed E-state index contributed by atoms with van der Waals surface area (Å²) in [5, 5.41) is 3.49. The van der Waals surface area contributed by atoms with Crippen molar-refractivity contribution in [3.63, 3.8) is 0 Å². The van der Waals surface area contributed by atoms with Crippen molar-refractivity contribution in [3.05, 3.63) is 29.8 Å². The van der Waals surface area contributed by atoms with Gasteiger partial charge in [0.1, 0.15) is 0 Å². The van der Waals surface area contributed by atoms with Crippen molar-refractivity contribution in [2.24, 2.45) is 0 Å². The van der Waals surface area contributed by atoms with Gasteiger partial charge in [0, 0.05) is 24.8 Å². The molecule has 0 aliphatic carbocycles. The number of hydrogen-bond donors (Lipinski definition) is 1. The lowest BCUT2D eigenvalue weighted by molar-refractivity contribution is 0.329. The molecule has 2 rings (SSSR count). The lowest BCUT2D eigenvalue weighted by Crippen LogP contribution is -2.43. The fraction of sp³-hybridized carbons (Fsp3) is 0.600. The number of piperidine rings is 1. The third-order valence-electron chi connectivity index (χ3n) is 3.73. The molecule has 1 fully saturated rings. The first kappa shape index (κ1) is 15.3. The number of nitrogens with one attached hydrogen (secondary N) is 1. The molecular formula is C15H24N2O2S. The van der Waals surface area contributed by atoms with Gasteiger partial charge in [-0.15, -0.1) is 0 Å². The van der Waals surface area contributed by atoms with Crippen molar-refractivity contribution in [1.82, 2.24) is 4.31 Å². The van der Waals surface area contributed by atoms with Crippen molar-refractivity contribution in [1.29, 1.82) is 0 Å². The molecule has 0 saturated carbocycles. The zero-order chi connectivity index (χ0) is 14.6. The van der Waals surface area contributed by atoms with Gasteiger partial charge in [0.2, 0.25) is 10.0 Å². The molecule has 20 heavy (non-hydrogen) atoms. The Morgan fingerprint density at radius 1 is 1.20 bits per heavy atom. The van der Waals surface area contributed by atoms with E-state index in [1.54, 1.807) is 4.31 Å². The standard InChI is InChI=1S/C15H24N2O2S/c1-3-12-20(18,19)17-10-8-15(9-11-17)16-14-6-4-13(2)5-7-14/h4-7,15-16H,3,8-12H2,1-2H3. The predicted molar refractivity (Wildman–Crippen MR) is 83.5 cm³/mol. The minimum absolute atomic E-state index is 0.267. The van der Waals surface area contributed by atoms with Crippen LogP contribution >= 0.6 is 0 Å². The molecule has 0 unspecified atom stereocenters. The Labute approximate surface area is 122 Å². The Balaban J connectivity index is 1.87. The van der Waals surface area contributed by atoms with E-state index in [4.69, 9.17) is 0 Å². The molecule has 1 aliphatic rings. The van der Waals surface area contributed by atoms with Crippen LogP contribution in [0.25, 0.3) is 0 Å². The van der Waals surface area contributed by atoms with Crippen molar-refractivity contribution >= 4 is 15.7 Å². The second-order valence-corrected chi connectivity index (χ2v) is 7.59. The van der Waals surface area contributed by atoms with Crippen LogP contribution in [-0.4, -0.2) is 37.6 Å². The fourth-order valence-electron chi connectivity index (χ4n) is 2.55. The average Bonchev–Trinajstić information content (AvgIpc) is 2.42. The van der Waals surface area contributed by atoms with Gasteiger partial charge >= 0.3 is 0 Å². The summed E-state index contributed by atoms with van der Waals surface area (Å²) < 4.78 is 25.6. The van der Waals surface area contributed by atoms with Gasteiger partial charge in [-0.25, -0.2) is 12.7 Å². The zero-order valence-corrected chi connectivity index (χ0v) is 13.1. The summed E-state index contributed by atoms with van der Waals surface area (Å²) in [6.07, 6.45) is 2.43. The Hall–Kier alpha value is -1.07. The average molecular weight is 296 g/mol. The second kappa shape index (κ2) is 6.59. The number of aryl methyl sites for hydroxylation is 1. The number of anilines is 1. The van der Waals surface area contributed by atoms with Crippen LogP contribution in [0.4, 0.5) is 5.69 Å². The van der Waals surface area contributed by atoms with Gasteiger partial charge in [0.25, 0.3) is 0 Å². The van der Waals surface area contributed by atoms with Crippen LogP contribution in [0.2, 0.25) is 0 Å². The lowest BCUT2D eigenvalue weighted by Gasteiger charge is -2.32. The monoisotopic (exact) mass is 296 g/mol. The normalized spacial score (nSPS) is 18.1. The van der Waals surface area contributed by atoms with Crippen molar-refractivity contribution in [2.45, 2.75) is 39.2 Å². The molecule has 0 amide bonds. The third kappa shape index (κ3) is 3.96. The lowest BCUT2D eigenvalue weighted by atomic mass is 10.1. The van der Waals surface area contributed by atoms with Gasteiger partial charge in [-0.3, -0.25) is 0 Å². The van der Waals surface area contributed by atoms with Gasteiger partial charge in [-0.05, 0) is 38.3 Å². The van der Waals surface area contributed by atoms with Crippen LogP contribution in [0, 0.1) is 6.92 Å². The predicted octanol–water partition coefficient (Wildman–Crippen LogP) is 2.61. The van der Waals surface area contributed by atoms with E-state index in [0.29, 0.717) is 25.6 Å². The van der Waals surface area contributed by atoms with E-state index in [2.05, 4.69) is 36.5 Å². The Bertz CT molecular complexity index is 517. The highest BCUT2D eigenvalue weighted by Crippen LogP contribution is 2.19. The summed E-state index contributed by atoms with van der Waals surface area (Å²) in [5.41, 5.74) is 2.36. The highest BCUT2D eigenvalue weighted by atomic mass is 32.2. The largest absolute Gasteiger partial charge is 0.382 e. The van der Waals surface area contributed by atoms with Crippen LogP contribution in [0.3, 0.4) is 0 Å². The topological polar surface area (TPSA) is 49.4 Å². The molecule has 1 N–H and O–H groups in total. The molecule has 112 valence electrons. The number of nitrogens with zero attached hydrogens (tertiary/aromatic N) is 1. The number of benzene rings is 1. The van der Waals surface area contributed by atoms with E-state index in [-0.39, 0.29) is 5.75 Å². The maximum absolute atomic E-state index is 12.0. The maximum Gasteiger partial charge on any atom is 0.214 e. The van der Waals surface area contributed by atoms with Crippen molar-refractivity contribution in [2.75, 3.05) is 24.2 Å². The molecule has 1 aliphatic heterocycles. The summed E-state index contributed by atoms with van der Waals surface area (Å²) in [5.74, 6) is 0.267. The van der Waals surface area contributed by atoms with Crippen molar-refractivity contribution in [3.8, 4) is 0 Å². The third-order valence-corrected chi connectivity index (χ3v) is 5.81. The SMILES string of the molecule is CCCS(=O)(=O)N1CCC(Nc2ccc(C)cc2)CC1. The molecule has 0 spiro atoms. The van der Waals surface area contributed by atoms with Gasteiger partial charge in [-0.2, -0.15) is 0 Å². The van der Waals surface area contributed by atoms with E-state index in [1.807, 2.05) is 6.92 Å². The van der Waals surface area contributed by atoms with Gasteiger partial charge in [0.15, 0.2) is 0 Å². The van der Waals surface area contributed by atoms with E-state index in [0.717, 1.165) is 18.5 Å². The quantitative estimate of drug-likeness (QED) is 0.908. The number of hydrogen-bond acceptors (Lipinski definition) is 3. The molecule has 1 aromatic rings. The molecule has 1 heterocycles. The highest BCUT2D eigenvalue weighted by molar-refractivity contribution is 7.89. The van der Waals surface area contributed by atoms with E-state index >= 15 is 0 Å². The zero-order valence-electron chi connectivity index (χ0n) is 12.3. The van der Waals surface area contributed by atoms with Crippen LogP contribution in [-0.2, 0) is 10.0 Å². The minimum atomic E-state index is -3.03. The highest BCUT2D eigenvalue weighted by Gasteiger charge is 2.27. The summed E-state index contributed by atoms with van der Waals surface area (Å²) in [6.45, 7) is 5.24. The summed E-state index contributed by atoms with van der Waals surface area (Å²) in [6, 6.07) is 8.70. The van der Waals surface area contributed by atoms with Crippen LogP contribution < -0.4 is 5.32 Å². The van der Waals surface area contributed by atoms with Crippen molar-refractivity contribution < 1.29 is 8.42 Å². The molecule has 1 aromatic carbocycles. The molecule has 0 radical (unpaired) electrons. The number of rotatable bonds is 5. The van der Waals surface area contributed by atoms with Gasteiger partial charge in [0.05, 0.1) is 5.75 Å². The van der Waals surface area contributed by atoms with Crippen LogP contribution in [0.5, 0.6) is 0 Å². The summed E-state index contributed by atoms with van der Waals surface area (Å²) in [7, 11) is -3.03. The number of sulfonamides is 1. The maximum atomic E-state index is 12.0. The molecule has 0 bridgehead atoms. The van der Waals surface area contributed by atoms with Crippen LogP contribution in [0.15, 0.2) is 24.3 Å². The molecule has 0 aromatic heterocycles. The van der Waals surface area contributed by atoms with Crippen LogP contribution in [0.1, 0.15) is 31.7 Å². The Morgan fingerprint density at radius 3 is 2.35 bits per heavy atom. The van der Waals surface area contributed by atoms with Gasteiger partial charge in [-0.1, -0.05) is 24.6 Å². The second-order valence-electron chi connectivity index (χ2n) is 5.50. The van der Waals surface area contributed by atoms with E-state index in [9.17, 15) is 8.42 Å². The first-order valence-electron chi connectivity index (χ1n) is 7.32.